The van der Waals surface area contributed by atoms with E-state index in [9.17, 15) is 0 Å². The summed E-state index contributed by atoms with van der Waals surface area (Å²) in [6.45, 7) is 4.36. The van der Waals surface area contributed by atoms with Crippen molar-refractivity contribution in [3.8, 4) is 0 Å². The highest BCUT2D eigenvalue weighted by Gasteiger charge is 2.39. The predicted octanol–water partition coefficient (Wildman–Crippen LogP) is 1.43. The zero-order valence-electron chi connectivity index (χ0n) is 10.9. The molecule has 0 radical (unpaired) electrons. The Balaban J connectivity index is 2.16. The molecule has 1 N–H and O–H groups in total. The molecule has 2 unspecified atom stereocenters. The van der Waals surface area contributed by atoms with E-state index in [1.165, 1.54) is 16.2 Å². The molecule has 0 aliphatic carbocycles. The van der Waals surface area contributed by atoms with Gasteiger partial charge in [-0.25, -0.2) is 14.9 Å². The smallest absolute Gasteiger partial charge is 0.199 e. The van der Waals surface area contributed by atoms with Crippen LogP contribution in [0.1, 0.15) is 12.5 Å². The second-order valence-electron chi connectivity index (χ2n) is 4.78. The number of nitrogens with one attached hydrogen (secondary N) is 1. The Morgan fingerprint density at radius 3 is 2.78 bits per heavy atom. The molecule has 0 bridgehead atoms. The molecule has 92 valence electrons. The van der Waals surface area contributed by atoms with E-state index in [1.54, 1.807) is 6.33 Å². The number of nitrogens with zero attached hydrogens (tertiary/aromatic N) is 3. The number of para-hydroxylation sites is 1. The van der Waals surface area contributed by atoms with E-state index in [0.29, 0.717) is 6.17 Å². The molecule has 0 spiro atoms. The lowest BCUT2D eigenvalue weighted by atomic mass is 10.1. The fourth-order valence-corrected chi connectivity index (χ4v) is 2.64. The average molecular weight is 241 g/mol. The Bertz CT molecular complexity index is 582. The zero-order valence-corrected chi connectivity index (χ0v) is 10.9. The van der Waals surface area contributed by atoms with Gasteiger partial charge in [0, 0.05) is 19.5 Å². The van der Waals surface area contributed by atoms with Crippen molar-refractivity contribution in [2.24, 2.45) is 0 Å². The molecule has 18 heavy (non-hydrogen) atoms. The second kappa shape index (κ2) is 4.07. The number of anilines is 1. The Hall–Kier alpha value is -1.94. The SMILES string of the molecule is Cc1ccccc1[NH+]1c2cncnc2N(C)C1C. The maximum atomic E-state index is 4.39. The van der Waals surface area contributed by atoms with Crippen LogP contribution in [-0.4, -0.2) is 23.2 Å². The first-order valence-electron chi connectivity index (χ1n) is 6.16. The Labute approximate surface area is 107 Å². The number of benzene rings is 1. The van der Waals surface area contributed by atoms with Crippen LogP contribution in [0.4, 0.5) is 17.2 Å². The predicted molar refractivity (Wildman–Crippen MR) is 71.4 cm³/mol. The second-order valence-corrected chi connectivity index (χ2v) is 4.78. The maximum Gasteiger partial charge on any atom is 0.199 e. The molecular formula is C14H17N4+. The normalized spacial score (nSPS) is 22.1. The van der Waals surface area contributed by atoms with Crippen LogP contribution < -0.4 is 9.80 Å². The Morgan fingerprint density at radius 2 is 2.00 bits per heavy atom. The van der Waals surface area contributed by atoms with E-state index in [4.69, 9.17) is 0 Å². The Kier molecular flexibility index (Phi) is 2.52. The lowest BCUT2D eigenvalue weighted by Crippen LogP contribution is -3.06. The molecule has 4 nitrogen and oxygen atoms in total. The van der Waals surface area contributed by atoms with Crippen molar-refractivity contribution in [3.63, 3.8) is 0 Å². The van der Waals surface area contributed by atoms with Gasteiger partial charge in [0.2, 0.25) is 0 Å². The number of hydrogen-bond donors (Lipinski definition) is 1. The first kappa shape index (κ1) is 11.2. The van der Waals surface area contributed by atoms with Gasteiger partial charge in [-0.15, -0.1) is 0 Å². The van der Waals surface area contributed by atoms with Crippen LogP contribution in [0.2, 0.25) is 0 Å². The summed E-state index contributed by atoms with van der Waals surface area (Å²) in [7, 11) is 2.09. The molecular weight excluding hydrogens is 224 g/mol. The van der Waals surface area contributed by atoms with Crippen LogP contribution in [0, 0.1) is 6.92 Å². The van der Waals surface area contributed by atoms with Gasteiger partial charge in [0.1, 0.15) is 12.0 Å². The summed E-state index contributed by atoms with van der Waals surface area (Å²) < 4.78 is 0. The monoisotopic (exact) mass is 241 g/mol. The van der Waals surface area contributed by atoms with Crippen molar-refractivity contribution in [3.05, 3.63) is 42.4 Å². The van der Waals surface area contributed by atoms with Crippen LogP contribution in [0.3, 0.4) is 0 Å². The van der Waals surface area contributed by atoms with E-state index in [1.807, 2.05) is 6.20 Å². The molecule has 2 aromatic rings. The quantitative estimate of drug-likeness (QED) is 0.820. The highest BCUT2D eigenvalue weighted by molar-refractivity contribution is 5.61. The number of hydrogen-bond acceptors (Lipinski definition) is 3. The molecule has 1 aromatic heterocycles. The van der Waals surface area contributed by atoms with Crippen molar-refractivity contribution in [1.82, 2.24) is 9.97 Å². The molecule has 0 saturated heterocycles. The zero-order chi connectivity index (χ0) is 12.7. The molecule has 2 heterocycles. The summed E-state index contributed by atoms with van der Waals surface area (Å²) in [4.78, 5) is 12.1. The Morgan fingerprint density at radius 1 is 1.22 bits per heavy atom. The topological polar surface area (TPSA) is 33.5 Å². The molecule has 0 amide bonds. The lowest BCUT2D eigenvalue weighted by Gasteiger charge is -2.22. The largest absolute Gasteiger partial charge is 0.305 e. The number of fused-ring (bicyclic) bond motifs is 1. The summed E-state index contributed by atoms with van der Waals surface area (Å²) in [5.74, 6) is 1.02. The molecule has 1 aliphatic rings. The summed E-state index contributed by atoms with van der Waals surface area (Å²) in [6, 6.07) is 8.49. The molecule has 0 fully saturated rings. The third-order valence-corrected chi connectivity index (χ3v) is 3.75. The van der Waals surface area contributed by atoms with E-state index in [0.717, 1.165) is 11.5 Å². The fourth-order valence-electron chi connectivity index (χ4n) is 2.64. The third kappa shape index (κ3) is 1.49. The summed E-state index contributed by atoms with van der Waals surface area (Å²) in [5, 5.41) is 0. The van der Waals surface area contributed by atoms with Gasteiger partial charge in [-0.1, -0.05) is 18.2 Å². The van der Waals surface area contributed by atoms with Crippen molar-refractivity contribution in [2.75, 3.05) is 11.9 Å². The van der Waals surface area contributed by atoms with Crippen LogP contribution in [0.15, 0.2) is 36.8 Å². The summed E-state index contributed by atoms with van der Waals surface area (Å²) in [6.07, 6.45) is 3.87. The number of aromatic nitrogens is 2. The van der Waals surface area contributed by atoms with Crippen LogP contribution in [0.25, 0.3) is 0 Å². The van der Waals surface area contributed by atoms with Gasteiger partial charge in [-0.05, 0) is 13.0 Å². The van der Waals surface area contributed by atoms with Gasteiger partial charge >= 0.3 is 0 Å². The number of quaternary nitrogens is 1. The molecule has 1 aliphatic heterocycles. The van der Waals surface area contributed by atoms with E-state index in [2.05, 4.69) is 60.0 Å². The minimum atomic E-state index is 0.331. The molecule has 2 atom stereocenters. The van der Waals surface area contributed by atoms with Gasteiger partial charge in [0.25, 0.3) is 0 Å². The van der Waals surface area contributed by atoms with Gasteiger partial charge in [0.15, 0.2) is 17.7 Å². The van der Waals surface area contributed by atoms with Crippen molar-refractivity contribution >= 4 is 17.2 Å². The van der Waals surface area contributed by atoms with Crippen LogP contribution in [0.5, 0.6) is 0 Å². The van der Waals surface area contributed by atoms with Gasteiger partial charge in [0.05, 0.1) is 6.20 Å². The van der Waals surface area contributed by atoms with E-state index in [-0.39, 0.29) is 0 Å². The van der Waals surface area contributed by atoms with Crippen molar-refractivity contribution in [1.29, 1.82) is 0 Å². The number of rotatable bonds is 1. The van der Waals surface area contributed by atoms with Gasteiger partial charge in [-0.3, -0.25) is 0 Å². The van der Waals surface area contributed by atoms with Crippen molar-refractivity contribution in [2.45, 2.75) is 20.0 Å². The minimum absolute atomic E-state index is 0.331. The first-order chi connectivity index (χ1) is 8.70. The van der Waals surface area contributed by atoms with Gasteiger partial charge < -0.3 is 4.90 Å². The van der Waals surface area contributed by atoms with Crippen LogP contribution in [-0.2, 0) is 0 Å². The highest BCUT2D eigenvalue weighted by atomic mass is 15.4. The third-order valence-electron chi connectivity index (χ3n) is 3.75. The first-order valence-corrected chi connectivity index (χ1v) is 6.16. The number of aryl methyl sites for hydroxylation is 1. The fraction of sp³-hybridized carbons (Fsp3) is 0.286. The van der Waals surface area contributed by atoms with E-state index < -0.39 is 0 Å². The maximum absolute atomic E-state index is 4.39. The van der Waals surface area contributed by atoms with Crippen molar-refractivity contribution < 1.29 is 4.90 Å². The highest BCUT2D eigenvalue weighted by Crippen LogP contribution is 2.27. The van der Waals surface area contributed by atoms with Gasteiger partial charge in [-0.2, -0.15) is 0 Å². The summed E-state index contributed by atoms with van der Waals surface area (Å²) in [5.41, 5.74) is 3.75. The van der Waals surface area contributed by atoms with E-state index >= 15 is 0 Å². The summed E-state index contributed by atoms with van der Waals surface area (Å²) >= 11 is 0. The minimum Gasteiger partial charge on any atom is -0.305 e. The average Bonchev–Trinajstić information content (AvgIpc) is 2.64. The lowest BCUT2D eigenvalue weighted by molar-refractivity contribution is -0.781. The molecule has 4 heteroatoms. The van der Waals surface area contributed by atoms with Crippen LogP contribution >= 0.6 is 0 Å². The molecule has 3 rings (SSSR count). The molecule has 1 aromatic carbocycles. The molecule has 0 saturated carbocycles. The standard InChI is InChI=1S/C14H16N4/c1-10-6-4-5-7-12(10)18-11(2)17(3)14-13(18)8-15-9-16-14/h4-9,11H,1-3H3/p+1.